The first-order chi connectivity index (χ1) is 14.5. The number of alkyl halides is 3. The molecule has 3 rings (SSSR count). The zero-order valence-electron chi connectivity index (χ0n) is 16.8. The molecule has 31 heavy (non-hydrogen) atoms. The summed E-state index contributed by atoms with van der Waals surface area (Å²) in [5, 5.41) is 2.38. The highest BCUT2D eigenvalue weighted by Crippen LogP contribution is 2.34. The quantitative estimate of drug-likeness (QED) is 0.743. The van der Waals surface area contributed by atoms with Gasteiger partial charge in [-0.25, -0.2) is 8.42 Å². The number of morpholine rings is 1. The number of hydrogen-bond donors (Lipinski definition) is 1. The van der Waals surface area contributed by atoms with Crippen LogP contribution in [-0.2, 0) is 20.9 Å². The number of methoxy groups -OCH3 is 1. The minimum Gasteiger partial charge on any atom is -0.496 e. The van der Waals surface area contributed by atoms with Crippen molar-refractivity contribution < 1.29 is 35.9 Å². The zero-order valence-corrected chi connectivity index (χ0v) is 17.6. The molecule has 0 radical (unpaired) electrons. The predicted octanol–water partition coefficient (Wildman–Crippen LogP) is 3.30. The molecular weight excluding hydrogens is 437 g/mol. The number of amides is 1. The summed E-state index contributed by atoms with van der Waals surface area (Å²) < 4.78 is 76.8. The van der Waals surface area contributed by atoms with E-state index >= 15 is 0 Å². The average Bonchev–Trinajstić information content (AvgIpc) is 2.74. The molecule has 1 fully saturated rings. The normalized spacial score (nSPS) is 15.5. The Labute approximate surface area is 177 Å². The number of ether oxygens (including phenoxy) is 2. The fraction of sp³-hybridized carbons (Fsp3) is 0.350. The summed E-state index contributed by atoms with van der Waals surface area (Å²) in [7, 11) is -2.58. The van der Waals surface area contributed by atoms with Crippen molar-refractivity contribution in [2.75, 3.05) is 38.7 Å². The molecule has 0 spiro atoms. The Kier molecular flexibility index (Phi) is 6.58. The Morgan fingerprint density at radius 1 is 1.13 bits per heavy atom. The van der Waals surface area contributed by atoms with Crippen molar-refractivity contribution in [3.05, 3.63) is 53.1 Å². The highest BCUT2D eigenvalue weighted by Gasteiger charge is 2.33. The lowest BCUT2D eigenvalue weighted by atomic mass is 10.1. The maximum absolute atomic E-state index is 13.2. The molecule has 2 aromatic rings. The molecule has 2 aromatic carbocycles. The summed E-state index contributed by atoms with van der Waals surface area (Å²) in [4.78, 5) is 12.7. The number of halogens is 3. The molecule has 0 atom stereocenters. The Hall–Kier alpha value is -2.63. The van der Waals surface area contributed by atoms with Crippen molar-refractivity contribution in [2.45, 2.75) is 18.0 Å². The van der Waals surface area contributed by atoms with Crippen LogP contribution in [0.15, 0.2) is 41.3 Å². The molecule has 0 aliphatic carbocycles. The van der Waals surface area contributed by atoms with Gasteiger partial charge in [0.2, 0.25) is 10.0 Å². The number of aryl methyl sites for hydroxylation is 1. The first kappa shape index (κ1) is 23.0. The fourth-order valence-corrected chi connectivity index (χ4v) is 4.60. The van der Waals surface area contributed by atoms with Gasteiger partial charge < -0.3 is 14.8 Å². The Bertz CT molecular complexity index is 1080. The molecule has 1 amide bonds. The van der Waals surface area contributed by atoms with Gasteiger partial charge in [0, 0.05) is 18.8 Å². The van der Waals surface area contributed by atoms with Gasteiger partial charge in [0.1, 0.15) is 5.75 Å². The second-order valence-corrected chi connectivity index (χ2v) is 8.80. The maximum Gasteiger partial charge on any atom is 0.416 e. The lowest BCUT2D eigenvalue weighted by Gasteiger charge is -2.26. The number of benzene rings is 2. The molecule has 1 saturated heterocycles. The van der Waals surface area contributed by atoms with Gasteiger partial charge in [0.05, 0.1) is 36.3 Å². The molecule has 1 N–H and O–H groups in total. The van der Waals surface area contributed by atoms with Crippen LogP contribution < -0.4 is 10.1 Å². The highest BCUT2D eigenvalue weighted by molar-refractivity contribution is 7.89. The summed E-state index contributed by atoms with van der Waals surface area (Å²) in [5.74, 6) is -0.713. The van der Waals surface area contributed by atoms with Gasteiger partial charge in [-0.3, -0.25) is 4.79 Å². The third kappa shape index (κ3) is 5.00. The van der Waals surface area contributed by atoms with Crippen LogP contribution in [0.3, 0.4) is 0 Å². The van der Waals surface area contributed by atoms with Gasteiger partial charge in [0.25, 0.3) is 5.91 Å². The van der Waals surface area contributed by atoms with E-state index in [1.54, 1.807) is 0 Å². The number of sulfonamides is 1. The standard InChI is InChI=1S/C20H21F3N2O5S/c1-13-3-4-14(11-17(13)20(21,22)23)24-19(26)16-12-15(5-6-18(16)29-2)31(27,28)25-7-9-30-10-8-25/h3-6,11-12H,7-10H2,1-2H3,(H,24,26). The smallest absolute Gasteiger partial charge is 0.416 e. The van der Waals surface area contributed by atoms with Gasteiger partial charge in [-0.1, -0.05) is 6.07 Å². The SMILES string of the molecule is COc1ccc(S(=O)(=O)N2CCOCC2)cc1C(=O)Nc1ccc(C)c(C(F)(F)F)c1. The molecule has 0 unspecified atom stereocenters. The van der Waals surface area contributed by atoms with Gasteiger partial charge in [-0.15, -0.1) is 0 Å². The van der Waals surface area contributed by atoms with E-state index in [1.807, 2.05) is 0 Å². The van der Waals surface area contributed by atoms with Crippen molar-refractivity contribution in [2.24, 2.45) is 0 Å². The Balaban J connectivity index is 1.93. The zero-order chi connectivity index (χ0) is 22.8. The summed E-state index contributed by atoms with van der Waals surface area (Å²) >= 11 is 0. The second kappa shape index (κ2) is 8.85. The van der Waals surface area contributed by atoms with Gasteiger partial charge >= 0.3 is 6.18 Å². The topological polar surface area (TPSA) is 84.9 Å². The lowest BCUT2D eigenvalue weighted by Crippen LogP contribution is -2.40. The van der Waals surface area contributed by atoms with E-state index < -0.39 is 27.7 Å². The minimum absolute atomic E-state index is 0.0154. The van der Waals surface area contributed by atoms with Crippen LogP contribution in [-0.4, -0.2) is 52.0 Å². The Morgan fingerprint density at radius 2 is 1.81 bits per heavy atom. The second-order valence-electron chi connectivity index (χ2n) is 6.86. The molecule has 168 valence electrons. The monoisotopic (exact) mass is 458 g/mol. The first-order valence-electron chi connectivity index (χ1n) is 9.29. The van der Waals surface area contributed by atoms with Crippen molar-refractivity contribution in [1.82, 2.24) is 4.31 Å². The molecule has 7 nitrogen and oxygen atoms in total. The molecule has 1 heterocycles. The summed E-state index contributed by atoms with van der Waals surface area (Å²) in [6.45, 7) is 2.20. The molecule has 0 aromatic heterocycles. The molecule has 0 saturated carbocycles. The summed E-state index contributed by atoms with van der Waals surface area (Å²) in [6, 6.07) is 7.21. The average molecular weight is 458 g/mol. The van der Waals surface area contributed by atoms with Crippen molar-refractivity contribution in [3.8, 4) is 5.75 Å². The van der Waals surface area contributed by atoms with Gasteiger partial charge in [0.15, 0.2) is 0 Å². The van der Waals surface area contributed by atoms with Crippen LogP contribution >= 0.6 is 0 Å². The van der Waals surface area contributed by atoms with E-state index in [2.05, 4.69) is 5.32 Å². The predicted molar refractivity (Wildman–Crippen MR) is 107 cm³/mol. The van der Waals surface area contributed by atoms with Crippen molar-refractivity contribution in [3.63, 3.8) is 0 Å². The fourth-order valence-electron chi connectivity index (χ4n) is 3.16. The molecule has 1 aliphatic heterocycles. The van der Waals surface area contributed by atoms with Crippen LogP contribution in [0.5, 0.6) is 5.75 Å². The van der Waals surface area contributed by atoms with E-state index in [0.29, 0.717) is 0 Å². The number of nitrogens with zero attached hydrogens (tertiary/aromatic N) is 1. The van der Waals surface area contributed by atoms with E-state index in [-0.39, 0.29) is 53.8 Å². The van der Waals surface area contributed by atoms with Crippen LogP contribution in [0.1, 0.15) is 21.5 Å². The van der Waals surface area contributed by atoms with Crippen molar-refractivity contribution in [1.29, 1.82) is 0 Å². The van der Waals surface area contributed by atoms with Crippen molar-refractivity contribution >= 4 is 21.6 Å². The lowest BCUT2D eigenvalue weighted by molar-refractivity contribution is -0.138. The highest BCUT2D eigenvalue weighted by atomic mass is 32.2. The summed E-state index contributed by atoms with van der Waals surface area (Å²) in [5.41, 5.74) is -1.06. The van der Waals surface area contributed by atoms with Gasteiger partial charge in [-0.2, -0.15) is 17.5 Å². The van der Waals surface area contributed by atoms with E-state index in [9.17, 15) is 26.4 Å². The van der Waals surface area contributed by atoms with E-state index in [1.165, 1.54) is 42.6 Å². The third-order valence-corrected chi connectivity index (χ3v) is 6.72. The maximum atomic E-state index is 13.2. The number of carbonyl (C=O) groups is 1. The Morgan fingerprint density at radius 3 is 2.42 bits per heavy atom. The minimum atomic E-state index is -4.57. The third-order valence-electron chi connectivity index (χ3n) is 4.82. The molecular formula is C20H21F3N2O5S. The van der Waals surface area contributed by atoms with Crippen LogP contribution in [0.25, 0.3) is 0 Å². The van der Waals surface area contributed by atoms with Crippen LogP contribution in [0, 0.1) is 6.92 Å². The molecule has 0 bridgehead atoms. The number of anilines is 1. The summed E-state index contributed by atoms with van der Waals surface area (Å²) in [6.07, 6.45) is -4.57. The number of hydrogen-bond acceptors (Lipinski definition) is 5. The molecule has 1 aliphatic rings. The molecule has 11 heteroatoms. The number of rotatable bonds is 5. The number of carbonyl (C=O) groups excluding carboxylic acids is 1. The van der Waals surface area contributed by atoms with E-state index in [0.717, 1.165) is 12.1 Å². The van der Waals surface area contributed by atoms with Crippen LogP contribution in [0.2, 0.25) is 0 Å². The van der Waals surface area contributed by atoms with Crippen LogP contribution in [0.4, 0.5) is 18.9 Å². The van der Waals surface area contributed by atoms with Gasteiger partial charge in [-0.05, 0) is 42.8 Å². The largest absolute Gasteiger partial charge is 0.496 e. The van der Waals surface area contributed by atoms with E-state index in [4.69, 9.17) is 9.47 Å². The first-order valence-corrected chi connectivity index (χ1v) is 10.7. The number of nitrogens with one attached hydrogen (secondary N) is 1.